The highest BCUT2D eigenvalue weighted by atomic mass is 16.5. The number of nitrogens with zero attached hydrogens (tertiary/aromatic N) is 1. The van der Waals surface area contributed by atoms with Crippen molar-refractivity contribution in [3.63, 3.8) is 0 Å². The van der Waals surface area contributed by atoms with Gasteiger partial charge in [0, 0.05) is 24.8 Å². The van der Waals surface area contributed by atoms with E-state index in [4.69, 9.17) is 10.5 Å². The van der Waals surface area contributed by atoms with Crippen molar-refractivity contribution in [3.05, 3.63) is 24.3 Å². The van der Waals surface area contributed by atoms with Crippen LogP contribution in [0.4, 0.5) is 5.69 Å². The number of anilines is 1. The molecule has 0 radical (unpaired) electrons. The van der Waals surface area contributed by atoms with Crippen LogP contribution in [0, 0.1) is 5.92 Å². The maximum Gasteiger partial charge on any atom is 0.239 e. The van der Waals surface area contributed by atoms with E-state index in [1.165, 1.54) is 0 Å². The van der Waals surface area contributed by atoms with Crippen molar-refractivity contribution in [2.45, 2.75) is 20.3 Å². The molecule has 1 rings (SSSR count). The Morgan fingerprint density at radius 2 is 2.19 bits per heavy atom. The molecular formula is C16H27N3O2. The molecule has 0 fully saturated rings. The first kappa shape index (κ1) is 17.3. The predicted octanol–water partition coefficient (Wildman–Crippen LogP) is 1.62. The normalized spacial score (nSPS) is 10.5. The summed E-state index contributed by atoms with van der Waals surface area (Å²) in [5.74, 6) is 1.26. The largest absolute Gasteiger partial charge is 0.497 e. The molecule has 1 amide bonds. The Morgan fingerprint density at radius 3 is 2.81 bits per heavy atom. The molecule has 0 bridgehead atoms. The van der Waals surface area contributed by atoms with Crippen LogP contribution >= 0.6 is 0 Å². The van der Waals surface area contributed by atoms with Crippen molar-refractivity contribution in [1.82, 2.24) is 5.32 Å². The van der Waals surface area contributed by atoms with Crippen molar-refractivity contribution in [2.24, 2.45) is 11.7 Å². The summed E-state index contributed by atoms with van der Waals surface area (Å²) in [6.45, 7) is 6.54. The van der Waals surface area contributed by atoms with Crippen LogP contribution in [-0.4, -0.2) is 39.2 Å². The number of methoxy groups -OCH3 is 1. The average Bonchev–Trinajstić information content (AvgIpc) is 2.49. The van der Waals surface area contributed by atoms with Gasteiger partial charge >= 0.3 is 0 Å². The second kappa shape index (κ2) is 9.23. The van der Waals surface area contributed by atoms with Crippen molar-refractivity contribution < 1.29 is 9.53 Å². The van der Waals surface area contributed by atoms with Crippen LogP contribution in [0.5, 0.6) is 5.75 Å². The van der Waals surface area contributed by atoms with Gasteiger partial charge in [-0.3, -0.25) is 4.79 Å². The van der Waals surface area contributed by atoms with E-state index in [-0.39, 0.29) is 5.91 Å². The van der Waals surface area contributed by atoms with Gasteiger partial charge in [-0.2, -0.15) is 0 Å². The molecule has 0 saturated carbocycles. The number of amides is 1. The Kier molecular flexibility index (Phi) is 7.61. The molecule has 5 nitrogen and oxygen atoms in total. The number of carbonyl (C=O) groups is 1. The predicted molar refractivity (Wildman–Crippen MR) is 86.7 cm³/mol. The van der Waals surface area contributed by atoms with E-state index < -0.39 is 0 Å². The van der Waals surface area contributed by atoms with Gasteiger partial charge in [-0.25, -0.2) is 0 Å². The first-order valence-corrected chi connectivity index (χ1v) is 7.42. The first-order valence-electron chi connectivity index (χ1n) is 7.42. The van der Waals surface area contributed by atoms with Crippen LogP contribution in [0.25, 0.3) is 0 Å². The quantitative estimate of drug-likeness (QED) is 0.726. The standard InChI is InChI=1S/C16H27N3O2/c1-13(2)11-18-16(20)12-19(9-5-8-17)14-6-4-7-15(10-14)21-3/h4,6-7,10,13H,5,8-9,11-12,17H2,1-3H3,(H,18,20). The van der Waals surface area contributed by atoms with Crippen molar-refractivity contribution in [2.75, 3.05) is 38.2 Å². The molecule has 0 aliphatic carbocycles. The van der Waals surface area contributed by atoms with E-state index in [1.54, 1.807) is 7.11 Å². The Balaban J connectivity index is 2.72. The highest BCUT2D eigenvalue weighted by Gasteiger charge is 2.12. The minimum absolute atomic E-state index is 0.0311. The van der Waals surface area contributed by atoms with E-state index in [0.29, 0.717) is 25.6 Å². The Labute approximate surface area is 127 Å². The number of nitrogens with one attached hydrogen (secondary N) is 1. The lowest BCUT2D eigenvalue weighted by Gasteiger charge is -2.24. The number of hydrogen-bond donors (Lipinski definition) is 2. The summed E-state index contributed by atoms with van der Waals surface area (Å²) in [7, 11) is 1.64. The highest BCUT2D eigenvalue weighted by Crippen LogP contribution is 2.20. The highest BCUT2D eigenvalue weighted by molar-refractivity contribution is 5.81. The fourth-order valence-corrected chi connectivity index (χ4v) is 1.94. The fraction of sp³-hybridized carbons (Fsp3) is 0.562. The van der Waals surface area contributed by atoms with Crippen LogP contribution in [0.2, 0.25) is 0 Å². The zero-order valence-electron chi connectivity index (χ0n) is 13.3. The molecular weight excluding hydrogens is 266 g/mol. The van der Waals surface area contributed by atoms with Crippen LogP contribution in [-0.2, 0) is 4.79 Å². The maximum atomic E-state index is 12.0. The molecule has 118 valence electrons. The number of nitrogens with two attached hydrogens (primary N) is 1. The van der Waals surface area contributed by atoms with Crippen LogP contribution in [0.15, 0.2) is 24.3 Å². The summed E-state index contributed by atoms with van der Waals surface area (Å²) < 4.78 is 5.24. The van der Waals surface area contributed by atoms with Gasteiger partial charge < -0.3 is 20.7 Å². The SMILES string of the molecule is COc1cccc(N(CCCN)CC(=O)NCC(C)C)c1. The number of ether oxygens (including phenoxy) is 1. The first-order chi connectivity index (χ1) is 10.1. The molecule has 5 heteroatoms. The summed E-state index contributed by atoms with van der Waals surface area (Å²) in [6.07, 6.45) is 0.842. The molecule has 21 heavy (non-hydrogen) atoms. The minimum Gasteiger partial charge on any atom is -0.497 e. The average molecular weight is 293 g/mol. The van der Waals surface area contributed by atoms with Gasteiger partial charge in [0.05, 0.1) is 13.7 Å². The van der Waals surface area contributed by atoms with Crippen molar-refractivity contribution in [1.29, 1.82) is 0 Å². The Hall–Kier alpha value is -1.75. The Morgan fingerprint density at radius 1 is 1.43 bits per heavy atom. The summed E-state index contributed by atoms with van der Waals surface area (Å²) in [4.78, 5) is 14.1. The molecule has 0 aromatic heterocycles. The van der Waals surface area contributed by atoms with Gasteiger partial charge in [-0.15, -0.1) is 0 Å². The maximum absolute atomic E-state index is 12.0. The van der Waals surface area contributed by atoms with Crippen molar-refractivity contribution in [3.8, 4) is 5.75 Å². The van der Waals surface area contributed by atoms with E-state index in [1.807, 2.05) is 29.2 Å². The van der Waals surface area contributed by atoms with Gasteiger partial charge in [0.15, 0.2) is 0 Å². The molecule has 0 atom stereocenters. The number of benzene rings is 1. The van der Waals surface area contributed by atoms with E-state index in [2.05, 4.69) is 19.2 Å². The third kappa shape index (κ3) is 6.49. The van der Waals surface area contributed by atoms with E-state index in [9.17, 15) is 4.79 Å². The smallest absolute Gasteiger partial charge is 0.239 e. The second-order valence-corrected chi connectivity index (χ2v) is 5.46. The van der Waals surface area contributed by atoms with Crippen LogP contribution in [0.3, 0.4) is 0 Å². The summed E-state index contributed by atoms with van der Waals surface area (Å²) in [5, 5.41) is 2.94. The van der Waals surface area contributed by atoms with Gasteiger partial charge in [-0.05, 0) is 31.0 Å². The lowest BCUT2D eigenvalue weighted by atomic mass is 10.2. The molecule has 0 spiro atoms. The lowest BCUT2D eigenvalue weighted by Crippen LogP contribution is -2.39. The van der Waals surface area contributed by atoms with Crippen molar-refractivity contribution >= 4 is 11.6 Å². The molecule has 0 saturated heterocycles. The lowest BCUT2D eigenvalue weighted by molar-refractivity contribution is -0.119. The fourth-order valence-electron chi connectivity index (χ4n) is 1.94. The number of rotatable bonds is 9. The molecule has 0 aliphatic heterocycles. The molecule has 1 aromatic carbocycles. The number of hydrogen-bond acceptors (Lipinski definition) is 4. The minimum atomic E-state index is 0.0311. The number of carbonyl (C=O) groups excluding carboxylic acids is 1. The monoisotopic (exact) mass is 293 g/mol. The topological polar surface area (TPSA) is 67.6 Å². The third-order valence-corrected chi connectivity index (χ3v) is 3.09. The van der Waals surface area contributed by atoms with Gasteiger partial charge in [0.1, 0.15) is 5.75 Å². The molecule has 3 N–H and O–H groups in total. The third-order valence-electron chi connectivity index (χ3n) is 3.09. The van der Waals surface area contributed by atoms with Crippen LogP contribution in [0.1, 0.15) is 20.3 Å². The zero-order chi connectivity index (χ0) is 15.7. The van der Waals surface area contributed by atoms with Gasteiger partial charge in [0.2, 0.25) is 5.91 Å². The molecule has 0 aliphatic rings. The van der Waals surface area contributed by atoms with E-state index >= 15 is 0 Å². The van der Waals surface area contributed by atoms with Gasteiger partial charge in [0.25, 0.3) is 0 Å². The Bertz CT molecular complexity index is 435. The molecule has 0 heterocycles. The van der Waals surface area contributed by atoms with E-state index in [0.717, 1.165) is 24.4 Å². The molecule has 1 aromatic rings. The molecule has 0 unspecified atom stereocenters. The zero-order valence-corrected chi connectivity index (χ0v) is 13.3. The summed E-state index contributed by atoms with van der Waals surface area (Å²) in [5.41, 5.74) is 6.56. The summed E-state index contributed by atoms with van der Waals surface area (Å²) >= 11 is 0. The van der Waals surface area contributed by atoms with Crippen LogP contribution < -0.4 is 20.7 Å². The van der Waals surface area contributed by atoms with Gasteiger partial charge in [-0.1, -0.05) is 19.9 Å². The summed E-state index contributed by atoms with van der Waals surface area (Å²) in [6, 6.07) is 7.74. The second-order valence-electron chi connectivity index (χ2n) is 5.46.